The third-order valence-electron chi connectivity index (χ3n) is 4.08. The molecule has 0 saturated carbocycles. The first kappa shape index (κ1) is 19.6. The van der Waals surface area contributed by atoms with Crippen LogP contribution in [0.5, 0.6) is 5.75 Å². The molecule has 0 radical (unpaired) electrons. The first-order valence-corrected chi connectivity index (χ1v) is 8.81. The van der Waals surface area contributed by atoms with Crippen LogP contribution in [0.2, 0.25) is 5.02 Å². The minimum Gasteiger partial charge on any atom is -0.501 e. The van der Waals surface area contributed by atoms with Gasteiger partial charge < -0.3 is 20.1 Å². The first-order chi connectivity index (χ1) is 13.5. The molecule has 8 heteroatoms. The summed E-state index contributed by atoms with van der Waals surface area (Å²) in [5, 5.41) is 13.2. The molecule has 1 aromatic heterocycles. The monoisotopic (exact) mass is 399 g/mol. The smallest absolute Gasteiger partial charge is 0.294 e. The molecule has 0 bridgehead atoms. The van der Waals surface area contributed by atoms with Crippen molar-refractivity contribution in [2.45, 2.75) is 12.6 Å². The Labute approximate surface area is 166 Å². The van der Waals surface area contributed by atoms with Crippen molar-refractivity contribution in [2.75, 3.05) is 7.11 Å². The van der Waals surface area contributed by atoms with Crippen molar-refractivity contribution in [3.63, 3.8) is 0 Å². The molecule has 0 aliphatic heterocycles. The van der Waals surface area contributed by atoms with Gasteiger partial charge in [0, 0.05) is 18.7 Å². The number of hydrogen-bond acceptors (Lipinski definition) is 5. The maximum Gasteiger partial charge on any atom is 0.294 e. The number of aromatic hydroxyl groups is 1. The third-order valence-corrected chi connectivity index (χ3v) is 4.33. The zero-order valence-corrected chi connectivity index (χ0v) is 15.7. The van der Waals surface area contributed by atoms with E-state index in [0.717, 1.165) is 11.1 Å². The zero-order valence-electron chi connectivity index (χ0n) is 15.0. The number of carbonyl (C=O) groups is 1. The van der Waals surface area contributed by atoms with Crippen LogP contribution >= 0.6 is 11.6 Å². The Morgan fingerprint density at radius 2 is 1.89 bits per heavy atom. The van der Waals surface area contributed by atoms with Crippen molar-refractivity contribution >= 4 is 17.5 Å². The molecule has 3 rings (SSSR count). The summed E-state index contributed by atoms with van der Waals surface area (Å²) >= 11 is 5.84. The maximum atomic E-state index is 12.5. The van der Waals surface area contributed by atoms with E-state index in [1.807, 2.05) is 18.2 Å². The average Bonchev–Trinajstić information content (AvgIpc) is 2.71. The summed E-state index contributed by atoms with van der Waals surface area (Å²) < 4.78 is 5.43. The highest BCUT2D eigenvalue weighted by molar-refractivity contribution is 6.30. The van der Waals surface area contributed by atoms with E-state index in [1.165, 1.54) is 7.11 Å². The lowest BCUT2D eigenvalue weighted by Crippen LogP contribution is -2.28. The average molecular weight is 400 g/mol. The SMILES string of the molecule is COC(c1ccccc1)c1nc(C(=O)NCc2ccc(Cl)cc2)c(O)c(=O)[nH]1. The van der Waals surface area contributed by atoms with E-state index >= 15 is 0 Å². The van der Waals surface area contributed by atoms with Gasteiger partial charge in [0.1, 0.15) is 11.9 Å². The van der Waals surface area contributed by atoms with E-state index in [4.69, 9.17) is 16.3 Å². The third kappa shape index (κ3) is 4.39. The Balaban J connectivity index is 1.87. The van der Waals surface area contributed by atoms with E-state index in [-0.39, 0.29) is 18.1 Å². The number of aromatic nitrogens is 2. The van der Waals surface area contributed by atoms with Gasteiger partial charge in [-0.25, -0.2) is 4.98 Å². The number of ether oxygens (including phenoxy) is 1. The second-order valence-corrected chi connectivity index (χ2v) is 6.42. The van der Waals surface area contributed by atoms with Crippen LogP contribution in [0, 0.1) is 0 Å². The van der Waals surface area contributed by atoms with Gasteiger partial charge in [-0.05, 0) is 23.3 Å². The second-order valence-electron chi connectivity index (χ2n) is 5.98. The van der Waals surface area contributed by atoms with Gasteiger partial charge in [0.05, 0.1) is 0 Å². The number of nitrogens with zero attached hydrogens (tertiary/aromatic N) is 1. The predicted octanol–water partition coefficient (Wildman–Crippen LogP) is 2.79. The van der Waals surface area contributed by atoms with Crippen LogP contribution in [-0.2, 0) is 11.3 Å². The molecule has 3 N–H and O–H groups in total. The molecule has 1 unspecified atom stereocenters. The second kappa shape index (κ2) is 8.69. The number of methoxy groups -OCH3 is 1. The molecule has 1 amide bonds. The number of hydrogen-bond donors (Lipinski definition) is 3. The van der Waals surface area contributed by atoms with Crippen LogP contribution < -0.4 is 10.9 Å². The van der Waals surface area contributed by atoms with E-state index in [1.54, 1.807) is 36.4 Å². The summed E-state index contributed by atoms with van der Waals surface area (Å²) in [6.07, 6.45) is -0.697. The molecule has 2 aromatic carbocycles. The fourth-order valence-corrected chi connectivity index (χ4v) is 2.79. The molecule has 144 valence electrons. The number of halogens is 1. The molecule has 0 fully saturated rings. The van der Waals surface area contributed by atoms with Crippen molar-refractivity contribution in [1.29, 1.82) is 0 Å². The van der Waals surface area contributed by atoms with Crippen molar-refractivity contribution in [2.24, 2.45) is 0 Å². The molecule has 28 heavy (non-hydrogen) atoms. The summed E-state index contributed by atoms with van der Waals surface area (Å²) in [4.78, 5) is 31.2. The molecule has 3 aromatic rings. The molecule has 0 aliphatic carbocycles. The highest BCUT2D eigenvalue weighted by atomic mass is 35.5. The maximum absolute atomic E-state index is 12.5. The van der Waals surface area contributed by atoms with Gasteiger partial charge in [-0.15, -0.1) is 0 Å². The quantitative estimate of drug-likeness (QED) is 0.591. The van der Waals surface area contributed by atoms with Gasteiger partial charge in [-0.2, -0.15) is 0 Å². The summed E-state index contributed by atoms with van der Waals surface area (Å²) in [6.45, 7) is 0.186. The highest BCUT2D eigenvalue weighted by Gasteiger charge is 2.22. The molecular weight excluding hydrogens is 382 g/mol. The van der Waals surface area contributed by atoms with Crippen molar-refractivity contribution in [1.82, 2.24) is 15.3 Å². The molecule has 7 nitrogen and oxygen atoms in total. The number of amides is 1. The Morgan fingerprint density at radius 1 is 1.21 bits per heavy atom. The number of aromatic amines is 1. The minimum absolute atomic E-state index is 0.119. The Bertz CT molecular complexity index is 1020. The number of nitrogens with one attached hydrogen (secondary N) is 2. The first-order valence-electron chi connectivity index (χ1n) is 8.43. The van der Waals surface area contributed by atoms with E-state index in [0.29, 0.717) is 5.02 Å². The van der Waals surface area contributed by atoms with E-state index < -0.39 is 23.3 Å². The minimum atomic E-state index is -0.820. The fourth-order valence-electron chi connectivity index (χ4n) is 2.67. The Morgan fingerprint density at radius 3 is 2.54 bits per heavy atom. The predicted molar refractivity (Wildman–Crippen MR) is 104 cm³/mol. The van der Waals surface area contributed by atoms with Gasteiger partial charge in [0.2, 0.25) is 5.75 Å². The number of benzene rings is 2. The van der Waals surface area contributed by atoms with Gasteiger partial charge in [0.25, 0.3) is 11.5 Å². The molecule has 0 aliphatic rings. The van der Waals surface area contributed by atoms with Crippen LogP contribution in [0.15, 0.2) is 59.4 Å². The largest absolute Gasteiger partial charge is 0.501 e. The lowest BCUT2D eigenvalue weighted by molar-refractivity contribution is 0.0938. The zero-order chi connectivity index (χ0) is 20.1. The topological polar surface area (TPSA) is 104 Å². The standard InChI is InChI=1S/C20H18ClN3O4/c1-28-17(13-5-3-2-4-6-13)18-23-15(16(25)20(27)24-18)19(26)22-11-12-7-9-14(21)10-8-12/h2-10,17,25H,11H2,1H3,(H,22,26)(H,23,24,27). The Kier molecular flexibility index (Phi) is 6.08. The normalized spacial score (nSPS) is 11.8. The lowest BCUT2D eigenvalue weighted by atomic mass is 10.1. The van der Waals surface area contributed by atoms with Crippen molar-refractivity contribution < 1.29 is 14.6 Å². The van der Waals surface area contributed by atoms with Gasteiger partial charge in [0.15, 0.2) is 5.69 Å². The number of rotatable bonds is 6. The van der Waals surface area contributed by atoms with Gasteiger partial charge in [-0.3, -0.25) is 9.59 Å². The molecule has 0 saturated heterocycles. The molecule has 0 spiro atoms. The lowest BCUT2D eigenvalue weighted by Gasteiger charge is -2.16. The van der Waals surface area contributed by atoms with Crippen LogP contribution in [0.3, 0.4) is 0 Å². The molecule has 1 atom stereocenters. The van der Waals surface area contributed by atoms with Crippen molar-refractivity contribution in [3.05, 3.63) is 92.6 Å². The van der Waals surface area contributed by atoms with E-state index in [9.17, 15) is 14.7 Å². The van der Waals surface area contributed by atoms with Crippen LogP contribution in [-0.4, -0.2) is 28.1 Å². The van der Waals surface area contributed by atoms with Crippen LogP contribution in [0.4, 0.5) is 0 Å². The number of H-pyrrole nitrogens is 1. The summed E-state index contributed by atoms with van der Waals surface area (Å²) in [6, 6.07) is 16.0. The highest BCUT2D eigenvalue weighted by Crippen LogP contribution is 2.23. The summed E-state index contributed by atoms with van der Waals surface area (Å²) in [7, 11) is 1.46. The molecule has 1 heterocycles. The number of carbonyl (C=O) groups excluding carboxylic acids is 1. The van der Waals surface area contributed by atoms with Crippen LogP contribution in [0.25, 0.3) is 0 Å². The van der Waals surface area contributed by atoms with Crippen molar-refractivity contribution in [3.8, 4) is 5.75 Å². The Hall–Kier alpha value is -3.16. The fraction of sp³-hybridized carbons (Fsp3) is 0.150. The summed E-state index contributed by atoms with van der Waals surface area (Å²) in [5.41, 5.74) is 0.359. The van der Waals surface area contributed by atoms with Crippen LogP contribution in [0.1, 0.15) is 33.5 Å². The molecular formula is C20H18ClN3O4. The van der Waals surface area contributed by atoms with Gasteiger partial charge in [-0.1, -0.05) is 54.1 Å². The summed E-state index contributed by atoms with van der Waals surface area (Å²) in [5.74, 6) is -1.31. The van der Waals surface area contributed by atoms with E-state index in [2.05, 4.69) is 15.3 Å². The van der Waals surface area contributed by atoms with Gasteiger partial charge >= 0.3 is 0 Å².